The first-order chi connectivity index (χ1) is 18.6. The van der Waals surface area contributed by atoms with Crippen LogP contribution in [0.3, 0.4) is 0 Å². The molecule has 9 N–H and O–H groups in total. The van der Waals surface area contributed by atoms with Crippen LogP contribution in [-0.2, 0) is 23.4 Å². The summed E-state index contributed by atoms with van der Waals surface area (Å²) in [5, 5.41) is 81.1. The van der Waals surface area contributed by atoms with Crippen LogP contribution in [0, 0.1) is 0 Å². The van der Waals surface area contributed by atoms with Gasteiger partial charge in [0.2, 0.25) is 5.34 Å². The van der Waals surface area contributed by atoms with E-state index in [1.54, 1.807) is 0 Å². The van der Waals surface area contributed by atoms with Gasteiger partial charge in [-0.15, -0.1) is 0 Å². The maximum atomic E-state index is 13.3. The largest absolute Gasteiger partial charge is 0.862 e. The summed E-state index contributed by atoms with van der Waals surface area (Å²) in [5.74, 6) is -3.46. The van der Waals surface area contributed by atoms with Gasteiger partial charge in [-0.25, -0.2) is 4.79 Å². The molecular weight excluding hydrogens is 567 g/mol. The van der Waals surface area contributed by atoms with E-state index in [0.29, 0.717) is 0 Å². The number of carboxylic acid groups (broad SMARTS) is 1. The Balaban J connectivity index is 1.88. The first kappa shape index (κ1) is 32.0. The number of aliphatic hydroxyl groups is 6. The Bertz CT molecular complexity index is 1210. The lowest BCUT2D eigenvalue weighted by Gasteiger charge is -2.49. The van der Waals surface area contributed by atoms with Gasteiger partial charge in [0, 0.05) is 12.6 Å². The van der Waals surface area contributed by atoms with E-state index in [1.807, 2.05) is 0 Å². The average Bonchev–Trinajstić information content (AvgIpc) is 3.15. The van der Waals surface area contributed by atoms with Gasteiger partial charge in [0.15, 0.2) is 6.23 Å². The molecule has 0 bridgehead atoms. The highest BCUT2D eigenvalue weighted by Crippen LogP contribution is 2.61. The van der Waals surface area contributed by atoms with Crippen molar-refractivity contribution in [1.82, 2.24) is 9.55 Å². The van der Waals surface area contributed by atoms with Gasteiger partial charge >= 0.3 is 13.3 Å². The molecule has 40 heavy (non-hydrogen) atoms. The number of hydrogen-bond acceptors (Lipinski definition) is 17. The minimum Gasteiger partial charge on any atom is -0.862 e. The molecular formula is C20H29N4O15P-2. The lowest BCUT2D eigenvalue weighted by molar-refractivity contribution is -0.331. The van der Waals surface area contributed by atoms with Gasteiger partial charge in [-0.05, 0) is 18.9 Å². The molecule has 0 aromatic carbocycles. The fourth-order valence-corrected chi connectivity index (χ4v) is 5.82. The highest BCUT2D eigenvalue weighted by atomic mass is 31.2. The molecule has 2 aliphatic heterocycles. The molecule has 0 radical (unpaired) electrons. The molecule has 0 aliphatic carbocycles. The average molecular weight is 596 g/mol. The molecule has 226 valence electrons. The molecule has 0 amide bonds. The number of ether oxygens (including phenoxy) is 2. The fourth-order valence-electron chi connectivity index (χ4n) is 4.36. The number of aliphatic hydroxyl groups excluding tert-OH is 6. The van der Waals surface area contributed by atoms with Crippen molar-refractivity contribution < 1.29 is 69.1 Å². The predicted octanol–water partition coefficient (Wildman–Crippen LogP) is -6.90. The zero-order valence-electron chi connectivity index (χ0n) is 20.7. The van der Waals surface area contributed by atoms with Gasteiger partial charge in [0.25, 0.3) is 0 Å². The van der Waals surface area contributed by atoms with E-state index in [1.165, 1.54) is 6.07 Å². The standard InChI is InChI=1S/C20H31N4O15P/c1-7(26)22-12-8(27)4-20(18(32)33,39-16(12)13(29)9(28)5-25)40(35,36)37-6-10-14(30)15(31)17(38-10)24-3-2-11(21)23-19(24)34/h2-3,8-10,12-17,25,27-31H,4-6H2,1H3,(H,22,26)(H,32,33)(H,35,36)(H2,21,23,34)/p-2/t8-,9+,10+,12+,13+,14+,15+,16+,17+,20+/m0/s1. The highest BCUT2D eigenvalue weighted by Gasteiger charge is 2.61. The van der Waals surface area contributed by atoms with Crippen molar-refractivity contribution in [3.8, 4) is 0 Å². The summed E-state index contributed by atoms with van der Waals surface area (Å²) in [6, 6.07) is -0.557. The minimum absolute atomic E-state index is 0.147. The Morgan fingerprint density at radius 3 is 2.55 bits per heavy atom. The molecule has 1 aromatic heterocycles. The minimum atomic E-state index is -5.67. The van der Waals surface area contributed by atoms with Crippen LogP contribution in [0.2, 0.25) is 0 Å². The van der Waals surface area contributed by atoms with Crippen LogP contribution in [0.1, 0.15) is 19.6 Å². The van der Waals surface area contributed by atoms with E-state index in [-0.39, 0.29) is 5.82 Å². The molecule has 3 heterocycles. The number of aliphatic carboxylic acids is 1. The van der Waals surface area contributed by atoms with Crippen LogP contribution in [-0.4, -0.2) is 124 Å². The molecule has 2 aliphatic rings. The second-order valence-electron chi connectivity index (χ2n) is 9.21. The van der Waals surface area contributed by atoms with E-state index in [2.05, 4.69) is 9.98 Å². The molecule has 1 unspecified atom stereocenters. The Labute approximate surface area is 224 Å². The highest BCUT2D eigenvalue weighted by molar-refractivity contribution is 7.55. The molecule has 11 atom stereocenters. The normalized spacial score (nSPS) is 36.1. The molecule has 0 saturated carbocycles. The molecule has 2 saturated heterocycles. The fraction of sp³-hybridized carbons (Fsp3) is 0.700. The van der Waals surface area contributed by atoms with E-state index in [0.717, 1.165) is 17.7 Å². The molecule has 0 spiro atoms. The Kier molecular flexibility index (Phi) is 9.70. The van der Waals surface area contributed by atoms with Crippen molar-refractivity contribution in [1.29, 1.82) is 0 Å². The Morgan fingerprint density at radius 1 is 1.35 bits per heavy atom. The van der Waals surface area contributed by atoms with Crippen molar-refractivity contribution in [2.45, 2.75) is 73.7 Å². The van der Waals surface area contributed by atoms with Crippen LogP contribution in [0.15, 0.2) is 22.1 Å². The van der Waals surface area contributed by atoms with Crippen molar-refractivity contribution >= 4 is 25.3 Å². The number of hydrogen-bond donors (Lipinski definition) is 8. The summed E-state index contributed by atoms with van der Waals surface area (Å²) in [7, 11) is -5.67. The third-order valence-electron chi connectivity index (χ3n) is 6.45. The van der Waals surface area contributed by atoms with Gasteiger partial charge in [-0.2, -0.15) is 4.98 Å². The van der Waals surface area contributed by atoms with E-state index in [4.69, 9.17) is 19.7 Å². The Hall–Kier alpha value is -2.55. The van der Waals surface area contributed by atoms with Crippen LogP contribution in [0.25, 0.3) is 0 Å². The predicted molar refractivity (Wildman–Crippen MR) is 124 cm³/mol. The second-order valence-corrected chi connectivity index (χ2v) is 11.2. The summed E-state index contributed by atoms with van der Waals surface area (Å²) in [5.41, 5.74) is 4.44. The lowest BCUT2D eigenvalue weighted by Crippen LogP contribution is -2.65. The van der Waals surface area contributed by atoms with E-state index >= 15 is 0 Å². The third kappa shape index (κ3) is 6.04. The monoisotopic (exact) mass is 596 g/mol. The van der Waals surface area contributed by atoms with Gasteiger partial charge in [0.05, 0.1) is 25.3 Å². The summed E-state index contributed by atoms with van der Waals surface area (Å²) in [4.78, 5) is 42.0. The number of carboxylic acids is 1. The number of nitrogens with two attached hydrogens (primary N) is 1. The first-order valence-corrected chi connectivity index (χ1v) is 13.2. The summed E-state index contributed by atoms with van der Waals surface area (Å²) >= 11 is 0. The van der Waals surface area contributed by atoms with E-state index < -0.39 is 105 Å². The third-order valence-corrected chi connectivity index (χ3v) is 8.33. The van der Waals surface area contributed by atoms with Crippen molar-refractivity contribution in [2.75, 3.05) is 18.9 Å². The quantitative estimate of drug-likeness (QED) is 0.0706. The topological polar surface area (TPSA) is 323 Å². The van der Waals surface area contributed by atoms with E-state index in [9.17, 15) is 59.9 Å². The second kappa shape index (κ2) is 12.1. The van der Waals surface area contributed by atoms with Crippen molar-refractivity contribution in [2.24, 2.45) is 4.99 Å². The Morgan fingerprint density at radius 2 is 2.00 bits per heavy atom. The van der Waals surface area contributed by atoms with Crippen molar-refractivity contribution in [3.05, 3.63) is 22.7 Å². The molecule has 20 heteroatoms. The zero-order valence-corrected chi connectivity index (χ0v) is 21.6. The number of anilines is 1. The molecule has 19 nitrogen and oxygen atoms in total. The van der Waals surface area contributed by atoms with Crippen LogP contribution in [0.4, 0.5) is 5.82 Å². The number of aromatic nitrogens is 2. The molecule has 1 aromatic rings. The zero-order chi connectivity index (χ0) is 30.2. The maximum absolute atomic E-state index is 13.3. The molecule has 3 rings (SSSR count). The number of carbonyl (C=O) groups is 1. The molecule has 2 fully saturated rings. The first-order valence-electron chi connectivity index (χ1n) is 11.7. The van der Waals surface area contributed by atoms with Gasteiger partial charge in [-0.1, -0.05) is 0 Å². The summed E-state index contributed by atoms with van der Waals surface area (Å²) in [6.07, 6.45) is -15.4. The van der Waals surface area contributed by atoms with Crippen LogP contribution >= 0.6 is 7.60 Å². The number of rotatable bonds is 10. The number of aliphatic imine (C=N–C) groups is 1. The summed E-state index contributed by atoms with van der Waals surface area (Å²) in [6.45, 7) is -1.23. The maximum Gasteiger partial charge on any atom is 0.365 e. The number of carbonyl (C=O) groups excluding carboxylic acids is 1. The lowest BCUT2D eigenvalue weighted by atomic mass is 9.90. The smallest absolute Gasteiger partial charge is 0.365 e. The van der Waals surface area contributed by atoms with Crippen molar-refractivity contribution in [3.63, 3.8) is 0 Å². The number of nitrogens with zero attached hydrogens (tertiary/aromatic N) is 3. The van der Waals surface area contributed by atoms with Gasteiger partial charge < -0.3 is 70.3 Å². The number of nitrogen functional groups attached to an aromatic ring is 1. The van der Waals surface area contributed by atoms with Gasteiger partial charge in [0.1, 0.15) is 48.5 Å². The van der Waals surface area contributed by atoms with Crippen LogP contribution in [0.5, 0.6) is 0 Å². The van der Waals surface area contributed by atoms with Gasteiger partial charge in [-0.3, -0.25) is 14.1 Å². The SMILES string of the molecule is CC([O-])=N[C@H]1[C@H]([C@H](O)[C@H](O)CO)O[C@@](C(=O)[O-])(P(=O)(O)OC[C@H]2O[C@@H](n3ccc(N)nc3=O)[C@H](O)[C@@H]2O)C[C@@H]1O. The summed E-state index contributed by atoms with van der Waals surface area (Å²) < 4.78 is 29.5. The van der Waals surface area contributed by atoms with Crippen LogP contribution < -0.4 is 21.6 Å².